The Bertz CT molecular complexity index is 510. The smallest absolute Gasteiger partial charge is 0.226 e. The van der Waals surface area contributed by atoms with Crippen molar-refractivity contribution in [1.29, 1.82) is 0 Å². The predicted molar refractivity (Wildman–Crippen MR) is 99.7 cm³/mol. The van der Waals surface area contributed by atoms with Gasteiger partial charge in [-0.2, -0.15) is 0 Å². The van der Waals surface area contributed by atoms with Crippen LogP contribution in [0.3, 0.4) is 0 Å². The third-order valence-corrected chi connectivity index (χ3v) is 7.25. The Labute approximate surface area is 157 Å². The molecule has 1 N–H and O–H groups in total. The van der Waals surface area contributed by atoms with Gasteiger partial charge in [-0.05, 0) is 56.3 Å². The molecule has 5 fully saturated rings. The van der Waals surface area contributed by atoms with Crippen molar-refractivity contribution in [3.05, 3.63) is 0 Å². The number of carbonyl (C=O) groups excluding carboxylic acids is 1. The van der Waals surface area contributed by atoms with Crippen LogP contribution in [0.2, 0.25) is 0 Å². The summed E-state index contributed by atoms with van der Waals surface area (Å²) in [7, 11) is 0. The second-order valence-corrected chi connectivity index (χ2v) is 10.6. The molecule has 0 aromatic heterocycles. The van der Waals surface area contributed by atoms with E-state index in [1.165, 1.54) is 6.42 Å². The molecule has 3 atom stereocenters. The molecule has 4 saturated carbocycles. The standard InChI is InChI=1S/C20H33ClN2O2/c1-14(2)11-23-3-4-25-17(12-23)10-22-18(24)19-6-15-5-16(7-19)9-20(21,8-15)13-19/h14-17H,3-13H2,1-2H3,(H,22,24)/t15-,16-,17-,19?,20?/m1/s1. The Kier molecular flexibility index (Phi) is 4.83. The summed E-state index contributed by atoms with van der Waals surface area (Å²) in [5.41, 5.74) is -0.196. The fraction of sp³-hybridized carbons (Fsp3) is 0.950. The van der Waals surface area contributed by atoms with E-state index in [1.807, 2.05) is 0 Å². The molecule has 0 aromatic carbocycles. The van der Waals surface area contributed by atoms with Gasteiger partial charge in [0.25, 0.3) is 0 Å². The topological polar surface area (TPSA) is 41.6 Å². The fourth-order valence-corrected chi connectivity index (χ4v) is 7.09. The van der Waals surface area contributed by atoms with Crippen LogP contribution >= 0.6 is 11.6 Å². The van der Waals surface area contributed by atoms with Crippen molar-refractivity contribution >= 4 is 17.5 Å². The van der Waals surface area contributed by atoms with Gasteiger partial charge >= 0.3 is 0 Å². The lowest BCUT2D eigenvalue weighted by atomic mass is 9.49. The number of nitrogens with zero attached hydrogens (tertiary/aromatic N) is 1. The molecular weight excluding hydrogens is 336 g/mol. The predicted octanol–water partition coefficient (Wildman–Crippen LogP) is 3.04. The first-order valence-electron chi connectivity index (χ1n) is 10.2. The Morgan fingerprint density at radius 3 is 2.64 bits per heavy atom. The Morgan fingerprint density at radius 1 is 1.28 bits per heavy atom. The molecule has 0 radical (unpaired) electrons. The molecular formula is C20H33ClN2O2. The first-order valence-corrected chi connectivity index (χ1v) is 10.5. The van der Waals surface area contributed by atoms with Gasteiger partial charge in [0, 0.05) is 31.1 Å². The summed E-state index contributed by atoms with van der Waals surface area (Å²) in [4.78, 5) is 15.5. The molecule has 0 spiro atoms. The Balaban J connectivity index is 1.33. The largest absolute Gasteiger partial charge is 0.374 e. The lowest BCUT2D eigenvalue weighted by molar-refractivity contribution is -0.145. The van der Waals surface area contributed by atoms with E-state index in [-0.39, 0.29) is 22.3 Å². The molecule has 25 heavy (non-hydrogen) atoms. The molecule has 0 aromatic rings. The van der Waals surface area contributed by atoms with Gasteiger partial charge in [-0.1, -0.05) is 13.8 Å². The zero-order chi connectivity index (χ0) is 17.7. The maximum Gasteiger partial charge on any atom is 0.226 e. The van der Waals surface area contributed by atoms with Crippen molar-refractivity contribution < 1.29 is 9.53 Å². The first kappa shape index (κ1) is 18.1. The summed E-state index contributed by atoms with van der Waals surface area (Å²) in [6, 6.07) is 0. The highest BCUT2D eigenvalue weighted by Crippen LogP contribution is 2.63. The van der Waals surface area contributed by atoms with E-state index in [4.69, 9.17) is 16.3 Å². The zero-order valence-corrected chi connectivity index (χ0v) is 16.5. The lowest BCUT2D eigenvalue weighted by Gasteiger charge is -2.59. The van der Waals surface area contributed by atoms with E-state index in [0.29, 0.717) is 24.3 Å². The van der Waals surface area contributed by atoms with Crippen LogP contribution in [0, 0.1) is 23.2 Å². The van der Waals surface area contributed by atoms with Gasteiger partial charge in [-0.15, -0.1) is 11.6 Å². The second kappa shape index (κ2) is 6.69. The van der Waals surface area contributed by atoms with Gasteiger partial charge in [0.2, 0.25) is 5.91 Å². The number of hydrogen-bond donors (Lipinski definition) is 1. The number of nitrogens with one attached hydrogen (secondary N) is 1. The third-order valence-electron chi connectivity index (χ3n) is 6.81. The molecule has 1 heterocycles. The van der Waals surface area contributed by atoms with Gasteiger partial charge < -0.3 is 10.1 Å². The fourth-order valence-electron chi connectivity index (χ4n) is 6.40. The number of morpholine rings is 1. The third kappa shape index (κ3) is 3.72. The van der Waals surface area contributed by atoms with Crippen molar-refractivity contribution in [3.63, 3.8) is 0 Å². The molecule has 142 valence electrons. The average Bonchev–Trinajstić information content (AvgIpc) is 2.50. The molecule has 5 aliphatic rings. The van der Waals surface area contributed by atoms with Crippen molar-refractivity contribution in [2.24, 2.45) is 23.2 Å². The Morgan fingerprint density at radius 2 is 2.00 bits per heavy atom. The summed E-state index contributed by atoms with van der Waals surface area (Å²) >= 11 is 6.87. The van der Waals surface area contributed by atoms with E-state index in [9.17, 15) is 4.79 Å². The van der Waals surface area contributed by atoms with Crippen LogP contribution in [0.25, 0.3) is 0 Å². The summed E-state index contributed by atoms with van der Waals surface area (Å²) in [5, 5.41) is 3.25. The highest BCUT2D eigenvalue weighted by molar-refractivity contribution is 6.24. The van der Waals surface area contributed by atoms with Crippen LogP contribution in [0.1, 0.15) is 52.4 Å². The van der Waals surface area contributed by atoms with Gasteiger partial charge in [0.15, 0.2) is 0 Å². The minimum absolute atomic E-state index is 0.100. The highest BCUT2D eigenvalue weighted by atomic mass is 35.5. The second-order valence-electron chi connectivity index (χ2n) is 9.75. The summed E-state index contributed by atoms with van der Waals surface area (Å²) < 4.78 is 5.90. The average molecular weight is 369 g/mol. The Hall–Kier alpha value is -0.320. The molecule has 0 unspecified atom stereocenters. The van der Waals surface area contributed by atoms with Crippen molar-refractivity contribution in [2.75, 3.05) is 32.8 Å². The minimum atomic E-state index is -0.196. The highest BCUT2D eigenvalue weighted by Gasteiger charge is 2.60. The number of halogens is 1. The first-order chi connectivity index (χ1) is 11.9. The summed E-state index contributed by atoms with van der Waals surface area (Å²) in [5.74, 6) is 2.24. The number of carbonyl (C=O) groups is 1. The molecule has 5 rings (SSSR count). The molecule has 1 saturated heterocycles. The van der Waals surface area contributed by atoms with Crippen molar-refractivity contribution in [3.8, 4) is 0 Å². The van der Waals surface area contributed by atoms with E-state index < -0.39 is 0 Å². The van der Waals surface area contributed by atoms with Gasteiger partial charge in [-0.25, -0.2) is 0 Å². The molecule has 4 bridgehead atoms. The van der Waals surface area contributed by atoms with E-state index >= 15 is 0 Å². The van der Waals surface area contributed by atoms with E-state index in [2.05, 4.69) is 24.1 Å². The van der Waals surface area contributed by atoms with Crippen molar-refractivity contribution in [1.82, 2.24) is 10.2 Å². The van der Waals surface area contributed by atoms with Crippen LogP contribution in [0.4, 0.5) is 0 Å². The number of amides is 1. The number of hydrogen-bond acceptors (Lipinski definition) is 3. The van der Waals surface area contributed by atoms with Crippen LogP contribution < -0.4 is 5.32 Å². The van der Waals surface area contributed by atoms with E-state index in [0.717, 1.165) is 58.3 Å². The maximum atomic E-state index is 13.1. The molecule has 5 heteroatoms. The quantitative estimate of drug-likeness (QED) is 0.758. The van der Waals surface area contributed by atoms with Crippen molar-refractivity contribution in [2.45, 2.75) is 63.4 Å². The molecule has 1 amide bonds. The molecule has 4 nitrogen and oxygen atoms in total. The maximum absolute atomic E-state index is 13.1. The molecule has 1 aliphatic heterocycles. The molecule has 4 aliphatic carbocycles. The van der Waals surface area contributed by atoms with Gasteiger partial charge in [-0.3, -0.25) is 9.69 Å². The lowest BCUT2D eigenvalue weighted by Crippen LogP contribution is -2.59. The number of alkyl halides is 1. The normalized spacial score (nSPS) is 43.6. The zero-order valence-electron chi connectivity index (χ0n) is 15.7. The number of rotatable bonds is 5. The minimum Gasteiger partial charge on any atom is -0.374 e. The summed E-state index contributed by atoms with van der Waals surface area (Å²) in [6.45, 7) is 8.95. The van der Waals surface area contributed by atoms with Gasteiger partial charge in [0.1, 0.15) is 0 Å². The number of ether oxygens (including phenoxy) is 1. The SMILES string of the molecule is CC(C)CN1CCO[C@H](CNC(=O)C23C[C@H]4C[C@@H](CC(Cl)(C4)C2)C3)C1. The summed E-state index contributed by atoms with van der Waals surface area (Å²) in [6.07, 6.45) is 6.63. The van der Waals surface area contributed by atoms with Gasteiger partial charge in [0.05, 0.1) is 18.1 Å². The van der Waals surface area contributed by atoms with E-state index in [1.54, 1.807) is 0 Å². The van der Waals surface area contributed by atoms with Crippen LogP contribution in [0.5, 0.6) is 0 Å². The monoisotopic (exact) mass is 368 g/mol. The van der Waals surface area contributed by atoms with Crippen LogP contribution in [-0.2, 0) is 9.53 Å². The van der Waals surface area contributed by atoms with Crippen LogP contribution in [-0.4, -0.2) is 54.6 Å². The van der Waals surface area contributed by atoms with Crippen LogP contribution in [0.15, 0.2) is 0 Å².